The predicted molar refractivity (Wildman–Crippen MR) is 130 cm³/mol. The molecule has 1 saturated heterocycles. The Balaban J connectivity index is 1.50. The van der Waals surface area contributed by atoms with Crippen molar-refractivity contribution in [3.8, 4) is 11.3 Å². The molecule has 2 aliphatic rings. The number of carbonyl (C=O) groups excluding carboxylic acids is 1. The number of amides is 1. The minimum absolute atomic E-state index is 0.162. The second kappa shape index (κ2) is 8.78. The van der Waals surface area contributed by atoms with Crippen LogP contribution in [0.2, 0.25) is 0 Å². The van der Waals surface area contributed by atoms with Crippen LogP contribution in [-0.2, 0) is 27.8 Å². The van der Waals surface area contributed by atoms with E-state index in [1.807, 2.05) is 19.9 Å². The minimum Gasteiger partial charge on any atom is -0.441 e. The van der Waals surface area contributed by atoms with Gasteiger partial charge < -0.3 is 20.6 Å². The van der Waals surface area contributed by atoms with Crippen LogP contribution in [-0.4, -0.2) is 41.0 Å². The Labute approximate surface area is 198 Å². The number of nitrogens with zero attached hydrogens (tertiary/aromatic N) is 3. The van der Waals surface area contributed by atoms with Gasteiger partial charge in [-0.25, -0.2) is 14.8 Å². The molecule has 0 saturated carbocycles. The topological polar surface area (TPSA) is 112 Å². The molecule has 0 bridgehead atoms. The first-order valence-electron chi connectivity index (χ1n) is 11.4. The van der Waals surface area contributed by atoms with Crippen LogP contribution in [0.4, 0.5) is 10.6 Å². The maximum Gasteiger partial charge on any atom is 0.407 e. The molecular weight excluding hydrogens is 430 g/mol. The zero-order valence-corrected chi connectivity index (χ0v) is 19.2. The average molecular weight is 458 g/mol. The number of aromatic nitrogens is 2. The molecule has 3 aromatic rings. The number of alkyl carbamates (subject to hydrolysis) is 1. The highest BCUT2D eigenvalue weighted by Crippen LogP contribution is 2.44. The number of aryl methyl sites for hydroxylation is 2. The number of hydrogen-bond acceptors (Lipinski definition) is 7. The van der Waals surface area contributed by atoms with Gasteiger partial charge in [-0.3, -0.25) is 0 Å². The maximum absolute atomic E-state index is 11.3. The summed E-state index contributed by atoms with van der Waals surface area (Å²) in [5.41, 5.74) is 12.5. The number of fused-ring (bicyclic) bond motifs is 3. The SMILES string of the molecule is CC1(C)/C(=N/OC[C@@H]2CNC(=O)O2)c2cc(CCc3ccccc3)ccc2-c2ncnc(N)c21. The van der Waals surface area contributed by atoms with Gasteiger partial charge in [0.15, 0.2) is 12.7 Å². The van der Waals surface area contributed by atoms with Gasteiger partial charge in [0.1, 0.15) is 12.1 Å². The van der Waals surface area contributed by atoms with E-state index in [0.717, 1.165) is 40.9 Å². The molecule has 1 aliphatic carbocycles. The number of benzene rings is 2. The number of ether oxygens (including phenoxy) is 1. The molecule has 174 valence electrons. The standard InChI is InChI=1S/C26H27N5O3/c1-26(2)21-22(29-15-30-24(21)27)19-11-10-17(9-8-16-6-4-3-5-7-16)12-20(19)23(26)31-33-14-18-13-28-25(32)34-18/h3-7,10-12,15,18H,8-9,13-14H2,1-2H3,(H,28,32)(H2,27,29,30)/b31-23+/t18-/m0/s1. The van der Waals surface area contributed by atoms with Crippen molar-refractivity contribution >= 4 is 17.6 Å². The van der Waals surface area contributed by atoms with Crippen molar-refractivity contribution in [1.29, 1.82) is 0 Å². The van der Waals surface area contributed by atoms with Crippen molar-refractivity contribution in [3.63, 3.8) is 0 Å². The molecule has 34 heavy (non-hydrogen) atoms. The number of oxime groups is 1. The van der Waals surface area contributed by atoms with E-state index in [0.29, 0.717) is 12.4 Å². The number of nitrogens with one attached hydrogen (secondary N) is 1. The summed E-state index contributed by atoms with van der Waals surface area (Å²) in [7, 11) is 0. The van der Waals surface area contributed by atoms with Gasteiger partial charge in [-0.05, 0) is 43.9 Å². The highest BCUT2D eigenvalue weighted by Gasteiger charge is 2.41. The smallest absolute Gasteiger partial charge is 0.407 e. The largest absolute Gasteiger partial charge is 0.441 e. The van der Waals surface area contributed by atoms with E-state index in [1.165, 1.54) is 17.5 Å². The summed E-state index contributed by atoms with van der Waals surface area (Å²) < 4.78 is 5.16. The van der Waals surface area contributed by atoms with Gasteiger partial charge in [0.05, 0.1) is 18.0 Å². The minimum atomic E-state index is -0.587. The second-order valence-electron chi connectivity index (χ2n) is 9.12. The molecule has 3 N–H and O–H groups in total. The molecule has 1 aromatic heterocycles. The zero-order chi connectivity index (χ0) is 23.7. The van der Waals surface area contributed by atoms with E-state index >= 15 is 0 Å². The first kappa shape index (κ1) is 21.9. The van der Waals surface area contributed by atoms with Gasteiger partial charge in [-0.2, -0.15) is 0 Å². The number of nitrogens with two attached hydrogens (primary N) is 1. The summed E-state index contributed by atoms with van der Waals surface area (Å²) >= 11 is 0. The van der Waals surface area contributed by atoms with E-state index in [4.69, 9.17) is 15.3 Å². The lowest BCUT2D eigenvalue weighted by molar-refractivity contribution is 0.0487. The van der Waals surface area contributed by atoms with Crippen molar-refractivity contribution in [2.45, 2.75) is 38.2 Å². The molecule has 1 fully saturated rings. The van der Waals surface area contributed by atoms with Gasteiger partial charge in [-0.15, -0.1) is 0 Å². The van der Waals surface area contributed by atoms with E-state index in [9.17, 15) is 4.79 Å². The number of cyclic esters (lactones) is 1. The third kappa shape index (κ3) is 4.07. The molecule has 8 nitrogen and oxygen atoms in total. The van der Waals surface area contributed by atoms with Crippen LogP contribution in [0.15, 0.2) is 60.0 Å². The van der Waals surface area contributed by atoms with E-state index in [2.05, 4.69) is 62.9 Å². The van der Waals surface area contributed by atoms with Crippen molar-refractivity contribution in [2.75, 3.05) is 18.9 Å². The summed E-state index contributed by atoms with van der Waals surface area (Å²) in [6, 6.07) is 16.8. The summed E-state index contributed by atoms with van der Waals surface area (Å²) in [6.07, 6.45) is 2.52. The van der Waals surface area contributed by atoms with Crippen LogP contribution >= 0.6 is 0 Å². The highest BCUT2D eigenvalue weighted by molar-refractivity contribution is 6.15. The first-order valence-corrected chi connectivity index (χ1v) is 11.4. The average Bonchev–Trinajstić information content (AvgIpc) is 3.25. The lowest BCUT2D eigenvalue weighted by atomic mass is 9.70. The zero-order valence-electron chi connectivity index (χ0n) is 19.2. The number of hydrogen-bond donors (Lipinski definition) is 2. The van der Waals surface area contributed by atoms with Gasteiger partial charge in [0, 0.05) is 22.1 Å². The summed E-state index contributed by atoms with van der Waals surface area (Å²) in [4.78, 5) is 25.8. The van der Waals surface area contributed by atoms with Crippen molar-refractivity contribution in [2.24, 2.45) is 5.16 Å². The fourth-order valence-electron chi connectivity index (χ4n) is 4.63. The Morgan fingerprint density at radius 1 is 1.12 bits per heavy atom. The van der Waals surface area contributed by atoms with Crippen LogP contribution in [0.25, 0.3) is 11.3 Å². The van der Waals surface area contributed by atoms with Crippen molar-refractivity contribution < 1.29 is 14.4 Å². The van der Waals surface area contributed by atoms with Gasteiger partial charge >= 0.3 is 6.09 Å². The van der Waals surface area contributed by atoms with E-state index in [-0.39, 0.29) is 12.7 Å². The van der Waals surface area contributed by atoms with Crippen LogP contribution < -0.4 is 11.1 Å². The molecule has 0 radical (unpaired) electrons. The summed E-state index contributed by atoms with van der Waals surface area (Å²) in [5.74, 6) is 0.426. The fraction of sp³-hybridized carbons (Fsp3) is 0.308. The van der Waals surface area contributed by atoms with Crippen LogP contribution in [0, 0.1) is 0 Å². The lowest BCUT2D eigenvalue weighted by Gasteiger charge is -2.35. The number of rotatable bonds is 6. The number of nitrogen functional groups attached to an aromatic ring is 1. The van der Waals surface area contributed by atoms with Crippen LogP contribution in [0.3, 0.4) is 0 Å². The molecule has 1 amide bonds. The highest BCUT2D eigenvalue weighted by atomic mass is 16.7. The molecule has 0 spiro atoms. The fourth-order valence-corrected chi connectivity index (χ4v) is 4.63. The molecule has 0 unspecified atom stereocenters. The Kier molecular flexibility index (Phi) is 5.65. The van der Waals surface area contributed by atoms with E-state index in [1.54, 1.807) is 0 Å². The quantitative estimate of drug-likeness (QED) is 0.547. The maximum atomic E-state index is 11.3. The van der Waals surface area contributed by atoms with Crippen LogP contribution in [0.1, 0.15) is 36.1 Å². The van der Waals surface area contributed by atoms with Gasteiger partial charge in [0.25, 0.3) is 0 Å². The van der Waals surface area contributed by atoms with Crippen molar-refractivity contribution in [3.05, 3.63) is 77.1 Å². The number of anilines is 1. The Hall–Kier alpha value is -3.94. The third-order valence-corrected chi connectivity index (χ3v) is 6.40. The lowest BCUT2D eigenvalue weighted by Crippen LogP contribution is -2.36. The first-order chi connectivity index (χ1) is 16.4. The predicted octanol–water partition coefficient (Wildman–Crippen LogP) is 3.63. The summed E-state index contributed by atoms with van der Waals surface area (Å²) in [6.45, 7) is 4.65. The second-order valence-corrected chi connectivity index (χ2v) is 9.12. The van der Waals surface area contributed by atoms with Crippen LogP contribution in [0.5, 0.6) is 0 Å². The van der Waals surface area contributed by atoms with Gasteiger partial charge in [-0.1, -0.05) is 47.6 Å². The molecule has 2 aromatic carbocycles. The molecule has 5 rings (SSSR count). The molecule has 2 heterocycles. The summed E-state index contributed by atoms with van der Waals surface area (Å²) in [5, 5.41) is 7.17. The number of carbonyl (C=O) groups is 1. The molecule has 1 aliphatic heterocycles. The molecule has 1 atom stereocenters. The molecular formula is C26H27N5O3. The van der Waals surface area contributed by atoms with Gasteiger partial charge in [0.2, 0.25) is 0 Å². The Bertz CT molecular complexity index is 1260. The normalized spacial score (nSPS) is 19.2. The monoisotopic (exact) mass is 457 g/mol. The third-order valence-electron chi connectivity index (χ3n) is 6.40. The Morgan fingerprint density at radius 2 is 1.91 bits per heavy atom. The van der Waals surface area contributed by atoms with Crippen molar-refractivity contribution in [1.82, 2.24) is 15.3 Å². The van der Waals surface area contributed by atoms with E-state index < -0.39 is 11.5 Å². The Morgan fingerprint density at radius 3 is 2.68 bits per heavy atom. The molecule has 8 heteroatoms.